The Morgan fingerprint density at radius 1 is 1.85 bits per heavy atom. The molecular weight excluding hydrogens is 217 g/mol. The second-order valence-electron chi connectivity index (χ2n) is 1.85. The first kappa shape index (κ1) is 12.3. The van der Waals surface area contributed by atoms with Gasteiger partial charge < -0.3 is 9.57 Å². The molecule has 0 radical (unpaired) electrons. The number of oxime groups is 1. The van der Waals surface area contributed by atoms with E-state index in [-0.39, 0.29) is 5.88 Å². The minimum Gasteiger partial charge on any atom is -0.448 e. The van der Waals surface area contributed by atoms with E-state index in [1.165, 1.54) is 7.11 Å². The van der Waals surface area contributed by atoms with Crippen LogP contribution >= 0.6 is 23.2 Å². The lowest BCUT2D eigenvalue weighted by atomic mass is 10.5. The second kappa shape index (κ2) is 7.89. The van der Waals surface area contributed by atoms with Gasteiger partial charge in [-0.15, -0.1) is 11.6 Å². The summed E-state index contributed by atoms with van der Waals surface area (Å²) in [5.74, 6) is 0.522. The molecule has 0 aromatic carbocycles. The van der Waals surface area contributed by atoms with Crippen molar-refractivity contribution in [2.24, 2.45) is 5.16 Å². The zero-order valence-electron chi connectivity index (χ0n) is 7.00. The van der Waals surface area contributed by atoms with E-state index in [0.717, 1.165) is 6.42 Å². The largest absolute Gasteiger partial charge is 0.448 e. The van der Waals surface area contributed by atoms with Crippen molar-refractivity contribution in [1.82, 2.24) is 0 Å². The molecule has 0 N–H and O–H groups in total. The number of hydrogen-bond acceptors (Lipinski definition) is 4. The third-order valence-corrected chi connectivity index (χ3v) is 1.40. The fraction of sp³-hybridized carbons (Fsp3) is 0.429. The highest BCUT2D eigenvalue weighted by atomic mass is 35.5. The van der Waals surface area contributed by atoms with E-state index in [2.05, 4.69) is 9.99 Å². The van der Waals surface area contributed by atoms with Crippen molar-refractivity contribution in [2.75, 3.05) is 13.0 Å². The summed E-state index contributed by atoms with van der Waals surface area (Å²) >= 11 is 9.55. The highest BCUT2D eigenvalue weighted by Gasteiger charge is 2.01. The molecule has 1 heterocycles. The number of nitrogens with zero attached hydrogens (tertiary/aromatic N) is 1. The molecular formula is C7H9Cl2NO3. The van der Waals surface area contributed by atoms with Crippen LogP contribution in [0.15, 0.2) is 17.5 Å². The van der Waals surface area contributed by atoms with Crippen LogP contribution in [-0.2, 0) is 14.4 Å². The Labute approximate surface area is 86.1 Å². The van der Waals surface area contributed by atoms with Gasteiger partial charge in [0.15, 0.2) is 0 Å². The van der Waals surface area contributed by atoms with Gasteiger partial charge in [0.1, 0.15) is 7.11 Å². The summed E-state index contributed by atoms with van der Waals surface area (Å²) < 4.78 is 4.84. The van der Waals surface area contributed by atoms with Gasteiger partial charge in [0, 0.05) is 6.42 Å². The normalized spacial score (nSPS) is 16.1. The Hall–Kier alpha value is -0.740. The maximum absolute atomic E-state index is 9.45. The molecule has 0 unspecified atom stereocenters. The number of ether oxygens (including phenoxy) is 1. The number of carbonyl (C=O) groups is 1. The van der Waals surface area contributed by atoms with Crippen molar-refractivity contribution in [3.8, 4) is 0 Å². The third kappa shape index (κ3) is 7.62. The minimum absolute atomic E-state index is 0.0957. The van der Waals surface area contributed by atoms with E-state index in [1.54, 1.807) is 6.26 Å². The lowest BCUT2D eigenvalue weighted by molar-refractivity contribution is -0.109. The SMILES string of the molecule is CON=C1CC=CO1.O=C(Cl)CCl. The van der Waals surface area contributed by atoms with E-state index in [1.807, 2.05) is 6.08 Å². The third-order valence-electron chi connectivity index (χ3n) is 0.891. The van der Waals surface area contributed by atoms with Gasteiger partial charge in [0.05, 0.1) is 12.1 Å². The number of rotatable bonds is 2. The van der Waals surface area contributed by atoms with Gasteiger partial charge in [0.25, 0.3) is 0 Å². The Balaban J connectivity index is 0.000000252. The van der Waals surface area contributed by atoms with Crippen molar-refractivity contribution >= 4 is 34.3 Å². The number of hydrogen-bond donors (Lipinski definition) is 0. The molecule has 6 heteroatoms. The van der Waals surface area contributed by atoms with Crippen LogP contribution in [0.25, 0.3) is 0 Å². The summed E-state index contributed by atoms with van der Waals surface area (Å²) in [5.41, 5.74) is 0. The first-order valence-corrected chi connectivity index (χ1v) is 4.28. The zero-order valence-corrected chi connectivity index (χ0v) is 8.51. The molecule has 1 aliphatic heterocycles. The highest BCUT2D eigenvalue weighted by molar-refractivity contribution is 6.67. The van der Waals surface area contributed by atoms with Crippen molar-refractivity contribution in [3.05, 3.63) is 12.3 Å². The molecule has 0 atom stereocenters. The molecule has 0 aromatic rings. The van der Waals surface area contributed by atoms with Crippen LogP contribution in [0.3, 0.4) is 0 Å². The van der Waals surface area contributed by atoms with Crippen LogP contribution in [0, 0.1) is 0 Å². The monoisotopic (exact) mass is 225 g/mol. The fourth-order valence-corrected chi connectivity index (χ4v) is 0.484. The van der Waals surface area contributed by atoms with Crippen LogP contribution in [0.4, 0.5) is 0 Å². The van der Waals surface area contributed by atoms with E-state index in [4.69, 9.17) is 27.9 Å². The van der Waals surface area contributed by atoms with Crippen LogP contribution in [-0.4, -0.2) is 24.1 Å². The molecule has 0 saturated heterocycles. The number of halogens is 2. The highest BCUT2D eigenvalue weighted by Crippen LogP contribution is 2.00. The number of alkyl halides is 1. The van der Waals surface area contributed by atoms with Crippen molar-refractivity contribution in [1.29, 1.82) is 0 Å². The van der Waals surface area contributed by atoms with E-state index < -0.39 is 5.24 Å². The van der Waals surface area contributed by atoms with Gasteiger partial charge in [-0.25, -0.2) is 0 Å². The van der Waals surface area contributed by atoms with Crippen molar-refractivity contribution in [2.45, 2.75) is 6.42 Å². The van der Waals surface area contributed by atoms with Crippen molar-refractivity contribution < 1.29 is 14.4 Å². The molecule has 0 amide bonds. The molecule has 1 aliphatic rings. The van der Waals surface area contributed by atoms with Gasteiger partial charge in [-0.3, -0.25) is 4.79 Å². The molecule has 0 aliphatic carbocycles. The molecule has 0 spiro atoms. The van der Waals surface area contributed by atoms with Crippen LogP contribution in [0.1, 0.15) is 6.42 Å². The summed E-state index contributed by atoms with van der Waals surface area (Å²) in [6, 6.07) is 0. The predicted molar refractivity (Wildman–Crippen MR) is 50.9 cm³/mol. The minimum atomic E-state index is -0.508. The van der Waals surface area contributed by atoms with Gasteiger partial charge in [0.2, 0.25) is 11.1 Å². The second-order valence-corrected chi connectivity index (χ2v) is 2.54. The van der Waals surface area contributed by atoms with Crippen molar-refractivity contribution in [3.63, 3.8) is 0 Å². The quantitative estimate of drug-likeness (QED) is 0.410. The standard InChI is InChI=1S/C5H7NO2.C2H2Cl2O/c1-7-6-5-3-2-4-8-5;3-1-2(4)5/h2,4H,3H2,1H3;1H2. The lowest BCUT2D eigenvalue weighted by Gasteiger charge is -1.91. The Morgan fingerprint density at radius 2 is 2.46 bits per heavy atom. The Morgan fingerprint density at radius 3 is 2.77 bits per heavy atom. The summed E-state index contributed by atoms with van der Waals surface area (Å²) in [6.45, 7) is 0. The molecule has 1 rings (SSSR count). The predicted octanol–water partition coefficient (Wildman–Crippen LogP) is 1.87. The summed E-state index contributed by atoms with van der Waals surface area (Å²) in [4.78, 5) is 13.9. The van der Waals surface area contributed by atoms with E-state index in [0.29, 0.717) is 5.90 Å². The first-order chi connectivity index (χ1) is 6.20. The van der Waals surface area contributed by atoms with Crippen LogP contribution < -0.4 is 0 Å². The molecule has 0 fully saturated rings. The maximum atomic E-state index is 9.45. The molecule has 0 bridgehead atoms. The molecule has 74 valence electrons. The first-order valence-electron chi connectivity index (χ1n) is 3.36. The topological polar surface area (TPSA) is 47.9 Å². The van der Waals surface area contributed by atoms with E-state index >= 15 is 0 Å². The Bertz CT molecular complexity index is 206. The smallest absolute Gasteiger partial charge is 0.236 e. The number of carbonyl (C=O) groups excluding carboxylic acids is 1. The van der Waals surface area contributed by atoms with Crippen LogP contribution in [0.2, 0.25) is 0 Å². The van der Waals surface area contributed by atoms with E-state index in [9.17, 15) is 4.79 Å². The van der Waals surface area contributed by atoms with Gasteiger partial charge in [-0.1, -0.05) is 5.16 Å². The average molecular weight is 226 g/mol. The molecule has 0 saturated carbocycles. The summed E-state index contributed by atoms with van der Waals surface area (Å²) in [7, 11) is 1.49. The Kier molecular flexibility index (Phi) is 7.44. The maximum Gasteiger partial charge on any atom is 0.236 e. The zero-order chi connectivity index (χ0) is 10.1. The average Bonchev–Trinajstić information content (AvgIpc) is 2.59. The molecule has 13 heavy (non-hydrogen) atoms. The van der Waals surface area contributed by atoms with Crippen LogP contribution in [0.5, 0.6) is 0 Å². The van der Waals surface area contributed by atoms with Gasteiger partial charge >= 0.3 is 0 Å². The van der Waals surface area contributed by atoms with Gasteiger partial charge in [-0.05, 0) is 17.7 Å². The molecule has 4 nitrogen and oxygen atoms in total. The lowest BCUT2D eigenvalue weighted by Crippen LogP contribution is -1.92. The summed E-state index contributed by atoms with van der Waals surface area (Å²) in [5, 5.41) is 3.05. The molecule has 0 aromatic heterocycles. The summed E-state index contributed by atoms with van der Waals surface area (Å²) in [6.07, 6.45) is 4.21. The van der Waals surface area contributed by atoms with Gasteiger partial charge in [-0.2, -0.15) is 0 Å². The fourth-order valence-electron chi connectivity index (χ4n) is 0.484.